The molecule has 0 spiro atoms. The highest BCUT2D eigenvalue weighted by Crippen LogP contribution is 2.37. The number of thioether (sulfide) groups is 1. The minimum atomic E-state index is -0.395. The minimum Gasteiger partial charge on any atom is -0.465 e. The summed E-state index contributed by atoms with van der Waals surface area (Å²) in [5, 5.41) is 0.601. The number of amides is 1. The fourth-order valence-electron chi connectivity index (χ4n) is 3.34. The number of carbonyl (C=O) groups excluding carboxylic acids is 2. The second-order valence-electron chi connectivity index (χ2n) is 7.44. The predicted molar refractivity (Wildman–Crippen MR) is 130 cm³/mol. The Morgan fingerprint density at radius 1 is 0.969 bits per heavy atom. The van der Waals surface area contributed by atoms with Gasteiger partial charge < -0.3 is 4.74 Å². The lowest BCUT2D eigenvalue weighted by Crippen LogP contribution is -2.28. The third kappa shape index (κ3) is 4.65. The highest BCUT2D eigenvalue weighted by Gasteiger charge is 2.34. The molecule has 1 amide bonds. The van der Waals surface area contributed by atoms with E-state index in [1.807, 2.05) is 68.5 Å². The van der Waals surface area contributed by atoms with E-state index in [2.05, 4.69) is 0 Å². The van der Waals surface area contributed by atoms with Crippen LogP contribution >= 0.6 is 11.8 Å². The van der Waals surface area contributed by atoms with Gasteiger partial charge in [-0.2, -0.15) is 0 Å². The number of nitrogens with zero attached hydrogens (tertiary/aromatic N) is 2. The molecule has 3 aromatic rings. The van der Waals surface area contributed by atoms with Gasteiger partial charge in [-0.3, -0.25) is 9.69 Å². The first-order valence-electron chi connectivity index (χ1n) is 10.1. The third-order valence-electron chi connectivity index (χ3n) is 4.92. The van der Waals surface area contributed by atoms with Crippen molar-refractivity contribution in [1.82, 2.24) is 0 Å². The SMILES string of the molecule is COC(=O)c1ccc(C=C2SC(=Nc3cccc(C)c3)N(c3cccc(C)c3)C2=O)cc1. The molecular weight excluding hydrogens is 420 g/mol. The van der Waals surface area contributed by atoms with Crippen LogP contribution in [0.2, 0.25) is 0 Å². The molecule has 1 saturated heterocycles. The molecule has 1 fully saturated rings. The topological polar surface area (TPSA) is 59.0 Å². The Bertz CT molecular complexity index is 1250. The van der Waals surface area contributed by atoms with Gasteiger partial charge in [-0.1, -0.05) is 36.4 Å². The molecule has 6 heteroatoms. The second-order valence-corrected chi connectivity index (χ2v) is 8.45. The molecule has 0 radical (unpaired) electrons. The summed E-state index contributed by atoms with van der Waals surface area (Å²) in [6.07, 6.45) is 1.82. The van der Waals surface area contributed by atoms with Crippen molar-refractivity contribution in [2.24, 2.45) is 4.99 Å². The number of anilines is 1. The molecule has 1 aliphatic heterocycles. The molecule has 0 aromatic heterocycles. The Morgan fingerprint density at radius 2 is 1.66 bits per heavy atom. The first kappa shape index (κ1) is 21.6. The van der Waals surface area contributed by atoms with Crippen LogP contribution in [0.3, 0.4) is 0 Å². The highest BCUT2D eigenvalue weighted by atomic mass is 32.2. The van der Waals surface area contributed by atoms with Gasteiger partial charge in [-0.15, -0.1) is 0 Å². The summed E-state index contributed by atoms with van der Waals surface area (Å²) >= 11 is 1.33. The molecule has 0 N–H and O–H groups in total. The number of benzene rings is 3. The van der Waals surface area contributed by atoms with Crippen molar-refractivity contribution >= 4 is 46.3 Å². The zero-order valence-electron chi connectivity index (χ0n) is 18.0. The lowest BCUT2D eigenvalue weighted by Gasteiger charge is -2.16. The first-order chi connectivity index (χ1) is 15.4. The summed E-state index contributed by atoms with van der Waals surface area (Å²) < 4.78 is 4.74. The van der Waals surface area contributed by atoms with Crippen LogP contribution in [-0.4, -0.2) is 24.2 Å². The van der Waals surface area contributed by atoms with Crippen LogP contribution < -0.4 is 4.90 Å². The fraction of sp³-hybridized carbons (Fsp3) is 0.115. The summed E-state index contributed by atoms with van der Waals surface area (Å²) in [5.41, 5.74) is 5.01. The summed E-state index contributed by atoms with van der Waals surface area (Å²) in [7, 11) is 1.35. The van der Waals surface area contributed by atoms with Crippen LogP contribution in [0.4, 0.5) is 11.4 Å². The van der Waals surface area contributed by atoms with Gasteiger partial charge in [0, 0.05) is 0 Å². The van der Waals surface area contributed by atoms with Crippen LogP contribution in [0.25, 0.3) is 6.08 Å². The summed E-state index contributed by atoms with van der Waals surface area (Å²) in [6, 6.07) is 22.6. The van der Waals surface area contributed by atoms with Crippen molar-refractivity contribution in [2.45, 2.75) is 13.8 Å². The smallest absolute Gasteiger partial charge is 0.337 e. The third-order valence-corrected chi connectivity index (χ3v) is 5.89. The number of ether oxygens (including phenoxy) is 1. The van der Waals surface area contributed by atoms with Gasteiger partial charge in [0.1, 0.15) is 0 Å². The van der Waals surface area contributed by atoms with Crippen molar-refractivity contribution in [3.8, 4) is 0 Å². The maximum Gasteiger partial charge on any atom is 0.337 e. The Labute approximate surface area is 191 Å². The number of methoxy groups -OCH3 is 1. The largest absolute Gasteiger partial charge is 0.465 e. The van der Waals surface area contributed by atoms with Gasteiger partial charge in [-0.25, -0.2) is 9.79 Å². The van der Waals surface area contributed by atoms with Crippen LogP contribution in [-0.2, 0) is 9.53 Å². The molecule has 1 heterocycles. The number of aliphatic imine (C=N–C) groups is 1. The number of rotatable bonds is 4. The monoisotopic (exact) mass is 442 g/mol. The van der Waals surface area contributed by atoms with Crippen molar-refractivity contribution in [3.63, 3.8) is 0 Å². The standard InChI is InChI=1S/C26H22N2O3S/c1-17-6-4-8-21(14-17)27-26-28(22-9-5-7-18(2)15-22)24(29)23(32-26)16-19-10-12-20(13-11-19)25(30)31-3/h4-16H,1-3H3. The van der Waals surface area contributed by atoms with E-state index in [0.29, 0.717) is 15.6 Å². The molecule has 160 valence electrons. The molecular formula is C26H22N2O3S. The van der Waals surface area contributed by atoms with E-state index in [4.69, 9.17) is 9.73 Å². The van der Waals surface area contributed by atoms with Crippen molar-refractivity contribution < 1.29 is 14.3 Å². The van der Waals surface area contributed by atoms with E-state index < -0.39 is 5.97 Å². The van der Waals surface area contributed by atoms with Gasteiger partial charge in [0.05, 0.1) is 29.0 Å². The van der Waals surface area contributed by atoms with E-state index in [1.54, 1.807) is 29.2 Å². The molecule has 5 nitrogen and oxygen atoms in total. The van der Waals surface area contributed by atoms with Gasteiger partial charge in [0.2, 0.25) is 0 Å². The maximum atomic E-state index is 13.4. The Hall–Kier alpha value is -3.64. The normalized spacial score (nSPS) is 16.1. The summed E-state index contributed by atoms with van der Waals surface area (Å²) in [5.74, 6) is -0.530. The van der Waals surface area contributed by atoms with E-state index >= 15 is 0 Å². The number of hydrogen-bond donors (Lipinski definition) is 0. The highest BCUT2D eigenvalue weighted by molar-refractivity contribution is 8.19. The van der Waals surface area contributed by atoms with E-state index in [1.165, 1.54) is 18.9 Å². The zero-order valence-corrected chi connectivity index (χ0v) is 18.8. The lowest BCUT2D eigenvalue weighted by atomic mass is 10.1. The molecule has 4 rings (SSSR count). The van der Waals surface area contributed by atoms with Crippen LogP contribution in [0, 0.1) is 13.8 Å². The summed E-state index contributed by atoms with van der Waals surface area (Å²) in [6.45, 7) is 4.01. The number of hydrogen-bond acceptors (Lipinski definition) is 5. The molecule has 1 aliphatic rings. The van der Waals surface area contributed by atoms with E-state index in [9.17, 15) is 9.59 Å². The van der Waals surface area contributed by atoms with Gasteiger partial charge in [-0.05, 0) is 84.8 Å². The minimum absolute atomic E-state index is 0.135. The van der Waals surface area contributed by atoms with E-state index in [0.717, 1.165) is 28.1 Å². The van der Waals surface area contributed by atoms with Gasteiger partial charge in [0.15, 0.2) is 5.17 Å². The molecule has 0 saturated carbocycles. The van der Waals surface area contributed by atoms with Crippen LogP contribution in [0.5, 0.6) is 0 Å². The number of esters is 1. The molecule has 0 bridgehead atoms. The van der Waals surface area contributed by atoms with Crippen molar-refractivity contribution in [1.29, 1.82) is 0 Å². The zero-order chi connectivity index (χ0) is 22.7. The molecule has 0 atom stereocenters. The second kappa shape index (κ2) is 9.24. The Balaban J connectivity index is 1.73. The summed E-state index contributed by atoms with van der Waals surface area (Å²) in [4.78, 5) is 32.0. The average molecular weight is 443 g/mol. The van der Waals surface area contributed by atoms with Crippen molar-refractivity contribution in [3.05, 3.63) is 100.0 Å². The van der Waals surface area contributed by atoms with Gasteiger partial charge >= 0.3 is 5.97 Å². The predicted octanol–water partition coefficient (Wildman–Crippen LogP) is 5.90. The first-order valence-corrected chi connectivity index (χ1v) is 10.9. The van der Waals surface area contributed by atoms with Crippen LogP contribution in [0.1, 0.15) is 27.0 Å². The average Bonchev–Trinajstić information content (AvgIpc) is 3.08. The molecule has 3 aromatic carbocycles. The number of aryl methyl sites for hydroxylation is 2. The van der Waals surface area contributed by atoms with Crippen molar-refractivity contribution in [2.75, 3.05) is 12.0 Å². The lowest BCUT2D eigenvalue weighted by molar-refractivity contribution is -0.113. The maximum absolute atomic E-state index is 13.4. The van der Waals surface area contributed by atoms with Crippen LogP contribution in [0.15, 0.2) is 82.7 Å². The molecule has 32 heavy (non-hydrogen) atoms. The molecule has 0 unspecified atom stereocenters. The number of carbonyl (C=O) groups is 2. The Kier molecular flexibility index (Phi) is 6.23. The Morgan fingerprint density at radius 3 is 2.31 bits per heavy atom. The molecule has 0 aliphatic carbocycles. The fourth-order valence-corrected chi connectivity index (χ4v) is 4.34. The number of amidine groups is 1. The van der Waals surface area contributed by atoms with Gasteiger partial charge in [0.25, 0.3) is 5.91 Å². The quantitative estimate of drug-likeness (QED) is 0.373. The van der Waals surface area contributed by atoms with E-state index in [-0.39, 0.29) is 5.91 Å².